The maximum atomic E-state index is 12.2. The van der Waals surface area contributed by atoms with Crippen molar-refractivity contribution in [3.05, 3.63) is 37.3 Å². The average molecular weight is 401 g/mol. The molecule has 0 aliphatic heterocycles. The lowest BCUT2D eigenvalue weighted by atomic mass is 10.2. The van der Waals surface area contributed by atoms with Gasteiger partial charge in [0.05, 0.1) is 8.81 Å². The second kappa shape index (κ2) is 6.24. The first-order chi connectivity index (χ1) is 8.88. The minimum Gasteiger partial charge on any atom is -0.207 e. The van der Waals surface area contributed by atoms with E-state index in [0.717, 1.165) is 16.2 Å². The van der Waals surface area contributed by atoms with Crippen molar-refractivity contribution in [1.29, 1.82) is 0 Å². The van der Waals surface area contributed by atoms with Crippen LogP contribution >= 0.6 is 50.2 Å². The molecule has 0 amide bonds. The van der Waals surface area contributed by atoms with Crippen molar-refractivity contribution in [1.82, 2.24) is 4.72 Å². The maximum absolute atomic E-state index is 12.2. The molecule has 0 aromatic carbocycles. The Kier molecular flexibility index (Phi) is 5.08. The summed E-state index contributed by atoms with van der Waals surface area (Å²) in [5.74, 6) is 0. The molecule has 2 rings (SSSR count). The standard InChI is InChI=1S/C11H11BrClNO2S3/c1-7(5-8-3-2-4-17-8)14-19(15,16)10-6-9(13)11(12)18-10/h2-4,6-7,14H,5H2,1H3. The van der Waals surface area contributed by atoms with Gasteiger partial charge in [0.15, 0.2) is 0 Å². The molecule has 0 saturated carbocycles. The highest BCUT2D eigenvalue weighted by atomic mass is 79.9. The van der Waals surface area contributed by atoms with Gasteiger partial charge in [-0.1, -0.05) is 17.7 Å². The van der Waals surface area contributed by atoms with Gasteiger partial charge in [0, 0.05) is 10.9 Å². The molecular weight excluding hydrogens is 390 g/mol. The molecule has 0 fully saturated rings. The lowest BCUT2D eigenvalue weighted by Gasteiger charge is -2.12. The fraction of sp³-hybridized carbons (Fsp3) is 0.273. The highest BCUT2D eigenvalue weighted by Gasteiger charge is 2.21. The molecule has 0 radical (unpaired) electrons. The van der Waals surface area contributed by atoms with Crippen molar-refractivity contribution in [3.8, 4) is 0 Å². The van der Waals surface area contributed by atoms with Crippen molar-refractivity contribution in [2.75, 3.05) is 0 Å². The van der Waals surface area contributed by atoms with E-state index in [1.165, 1.54) is 6.07 Å². The molecule has 1 unspecified atom stereocenters. The lowest BCUT2D eigenvalue weighted by molar-refractivity contribution is 0.563. The summed E-state index contributed by atoms with van der Waals surface area (Å²) in [4.78, 5) is 1.15. The second-order valence-corrected chi connectivity index (χ2v) is 9.74. The van der Waals surface area contributed by atoms with Gasteiger partial charge in [-0.15, -0.1) is 22.7 Å². The first-order valence-electron chi connectivity index (χ1n) is 5.38. The van der Waals surface area contributed by atoms with Crippen LogP contribution in [0.2, 0.25) is 5.02 Å². The van der Waals surface area contributed by atoms with Gasteiger partial charge >= 0.3 is 0 Å². The molecule has 2 aromatic rings. The Morgan fingerprint density at radius 2 is 2.26 bits per heavy atom. The van der Waals surface area contributed by atoms with E-state index in [0.29, 0.717) is 15.2 Å². The Morgan fingerprint density at radius 1 is 1.53 bits per heavy atom. The monoisotopic (exact) mass is 399 g/mol. The van der Waals surface area contributed by atoms with E-state index < -0.39 is 10.0 Å². The molecular formula is C11H11BrClNO2S3. The Balaban J connectivity index is 2.08. The van der Waals surface area contributed by atoms with Gasteiger partial charge in [-0.05, 0) is 46.8 Å². The molecule has 0 aliphatic carbocycles. The maximum Gasteiger partial charge on any atom is 0.250 e. The van der Waals surface area contributed by atoms with Crippen LogP contribution < -0.4 is 4.72 Å². The van der Waals surface area contributed by atoms with Crippen LogP contribution in [0.1, 0.15) is 11.8 Å². The van der Waals surface area contributed by atoms with E-state index in [1.54, 1.807) is 11.3 Å². The van der Waals surface area contributed by atoms with Gasteiger partial charge in [0.1, 0.15) is 4.21 Å². The molecule has 0 saturated heterocycles. The first kappa shape index (κ1) is 15.5. The van der Waals surface area contributed by atoms with E-state index >= 15 is 0 Å². The molecule has 1 N–H and O–H groups in total. The summed E-state index contributed by atoms with van der Waals surface area (Å²) in [6, 6.07) is 5.24. The third-order valence-electron chi connectivity index (χ3n) is 2.33. The first-order valence-corrected chi connectivity index (χ1v) is 9.73. The van der Waals surface area contributed by atoms with Crippen molar-refractivity contribution in [2.45, 2.75) is 23.6 Å². The molecule has 19 heavy (non-hydrogen) atoms. The zero-order chi connectivity index (χ0) is 14.0. The molecule has 0 spiro atoms. The van der Waals surface area contributed by atoms with E-state index in [9.17, 15) is 8.42 Å². The molecule has 1 atom stereocenters. The van der Waals surface area contributed by atoms with Crippen LogP contribution in [0.4, 0.5) is 0 Å². The predicted octanol–water partition coefficient (Wildman–Crippen LogP) is 4.14. The van der Waals surface area contributed by atoms with Crippen molar-refractivity contribution < 1.29 is 8.42 Å². The summed E-state index contributed by atoms with van der Waals surface area (Å²) in [5.41, 5.74) is 0. The number of rotatable bonds is 5. The summed E-state index contributed by atoms with van der Waals surface area (Å²) in [7, 11) is -3.51. The molecule has 104 valence electrons. The van der Waals surface area contributed by atoms with E-state index in [-0.39, 0.29) is 10.3 Å². The number of nitrogens with one attached hydrogen (secondary N) is 1. The zero-order valence-corrected chi connectivity index (χ0v) is 14.7. The van der Waals surface area contributed by atoms with Gasteiger partial charge in [0.25, 0.3) is 0 Å². The van der Waals surface area contributed by atoms with Gasteiger partial charge in [-0.2, -0.15) is 0 Å². The summed E-state index contributed by atoms with van der Waals surface area (Å²) in [5, 5.41) is 2.39. The fourth-order valence-corrected chi connectivity index (χ4v) is 6.05. The van der Waals surface area contributed by atoms with Gasteiger partial charge in [0.2, 0.25) is 10.0 Å². The number of sulfonamides is 1. The highest BCUT2D eigenvalue weighted by Crippen LogP contribution is 2.34. The van der Waals surface area contributed by atoms with Crippen molar-refractivity contribution in [2.24, 2.45) is 0 Å². The summed E-state index contributed by atoms with van der Waals surface area (Å²) in [6.07, 6.45) is 0.678. The Morgan fingerprint density at radius 3 is 2.79 bits per heavy atom. The quantitative estimate of drug-likeness (QED) is 0.820. The van der Waals surface area contributed by atoms with Crippen LogP contribution in [0.5, 0.6) is 0 Å². The van der Waals surface area contributed by atoms with Crippen LogP contribution in [0.3, 0.4) is 0 Å². The molecule has 2 aromatic heterocycles. The molecule has 2 heterocycles. The Labute approximate surface area is 133 Å². The molecule has 0 aliphatic rings. The zero-order valence-electron chi connectivity index (χ0n) is 9.89. The molecule has 0 bridgehead atoms. The highest BCUT2D eigenvalue weighted by molar-refractivity contribution is 9.11. The van der Waals surface area contributed by atoms with Crippen LogP contribution in [0.25, 0.3) is 0 Å². The number of halogens is 2. The van der Waals surface area contributed by atoms with Gasteiger partial charge in [-0.3, -0.25) is 0 Å². The lowest BCUT2D eigenvalue weighted by Crippen LogP contribution is -2.33. The fourth-order valence-electron chi connectivity index (χ4n) is 1.55. The number of hydrogen-bond acceptors (Lipinski definition) is 4. The van der Waals surface area contributed by atoms with E-state index in [2.05, 4.69) is 20.7 Å². The summed E-state index contributed by atoms with van der Waals surface area (Å²) < 4.78 is 27.8. The Bertz CT molecular complexity index is 632. The van der Waals surface area contributed by atoms with Crippen LogP contribution in [-0.2, 0) is 16.4 Å². The van der Waals surface area contributed by atoms with Crippen LogP contribution in [-0.4, -0.2) is 14.5 Å². The van der Waals surface area contributed by atoms with E-state index in [4.69, 9.17) is 11.6 Å². The van der Waals surface area contributed by atoms with Gasteiger partial charge in [-0.25, -0.2) is 13.1 Å². The predicted molar refractivity (Wildman–Crippen MR) is 84.8 cm³/mol. The summed E-state index contributed by atoms with van der Waals surface area (Å²) in [6.45, 7) is 1.85. The summed E-state index contributed by atoms with van der Waals surface area (Å²) >= 11 is 11.8. The average Bonchev–Trinajstić information content (AvgIpc) is 2.89. The van der Waals surface area contributed by atoms with E-state index in [1.807, 2.05) is 24.4 Å². The minimum atomic E-state index is -3.51. The third kappa shape index (κ3) is 4.03. The minimum absolute atomic E-state index is 0.164. The van der Waals surface area contributed by atoms with Crippen LogP contribution in [0, 0.1) is 0 Å². The molecule has 3 nitrogen and oxygen atoms in total. The SMILES string of the molecule is CC(Cc1cccs1)NS(=O)(=O)c1cc(Cl)c(Br)s1. The normalized spacial score (nSPS) is 13.6. The van der Waals surface area contributed by atoms with Crippen molar-refractivity contribution in [3.63, 3.8) is 0 Å². The smallest absolute Gasteiger partial charge is 0.207 e. The van der Waals surface area contributed by atoms with Gasteiger partial charge < -0.3 is 0 Å². The molecule has 8 heteroatoms. The number of hydrogen-bond donors (Lipinski definition) is 1. The second-order valence-electron chi connectivity index (χ2n) is 3.99. The topological polar surface area (TPSA) is 46.2 Å². The Hall–Kier alpha value is 0.0800. The number of thiophene rings is 2. The van der Waals surface area contributed by atoms with Crippen LogP contribution in [0.15, 0.2) is 31.6 Å². The largest absolute Gasteiger partial charge is 0.250 e. The third-order valence-corrected chi connectivity index (χ3v) is 7.77. The van der Waals surface area contributed by atoms with Crippen molar-refractivity contribution >= 4 is 60.2 Å².